The molecule has 0 saturated carbocycles. The third-order valence-corrected chi connectivity index (χ3v) is 1.97. The molecule has 1 aromatic carbocycles. The maximum atomic E-state index is 12.8. The van der Waals surface area contributed by atoms with Crippen molar-refractivity contribution in [3.05, 3.63) is 41.1 Å². The van der Waals surface area contributed by atoms with Gasteiger partial charge in [-0.05, 0) is 15.9 Å². The molecule has 3 nitrogen and oxygen atoms in total. The summed E-state index contributed by atoms with van der Waals surface area (Å²) in [5.41, 5.74) is 0.759. The van der Waals surface area contributed by atoms with Gasteiger partial charge in [0.15, 0.2) is 5.82 Å². The van der Waals surface area contributed by atoms with Crippen LogP contribution in [0.4, 0.5) is 4.39 Å². The van der Waals surface area contributed by atoms with Crippen LogP contribution < -0.4 is 0 Å². The fourth-order valence-corrected chi connectivity index (χ4v) is 1.36. The van der Waals surface area contributed by atoms with Crippen molar-refractivity contribution in [1.82, 2.24) is 15.0 Å². The van der Waals surface area contributed by atoms with Gasteiger partial charge >= 0.3 is 6.08 Å². The number of nitrogens with zero attached hydrogens (tertiary/aromatic N) is 3. The summed E-state index contributed by atoms with van der Waals surface area (Å²) in [5.74, 6) is 0.324. The Hall–Kier alpha value is -1.36. The van der Waals surface area contributed by atoms with Crippen molar-refractivity contribution in [2.75, 3.05) is 0 Å². The van der Waals surface area contributed by atoms with Crippen LogP contribution in [-0.2, 0) is 0 Å². The average molecular weight is 254 g/mol. The number of halogens is 2. The molecule has 14 heavy (non-hydrogen) atoms. The third kappa shape index (κ3) is 1.93. The Morgan fingerprint density at radius 3 is 2.36 bits per heavy atom. The lowest BCUT2D eigenvalue weighted by Gasteiger charge is -1.98. The van der Waals surface area contributed by atoms with E-state index in [0.717, 1.165) is 5.56 Å². The maximum Gasteiger partial charge on any atom is 0.313 e. The van der Waals surface area contributed by atoms with Crippen LogP contribution >= 0.6 is 15.9 Å². The molecule has 0 amide bonds. The molecule has 2 aromatic rings. The lowest BCUT2D eigenvalue weighted by atomic mass is 10.2. The van der Waals surface area contributed by atoms with E-state index >= 15 is 0 Å². The molecule has 70 valence electrons. The van der Waals surface area contributed by atoms with Gasteiger partial charge in [-0.2, -0.15) is 14.4 Å². The minimum absolute atomic E-state index is 0.198. The van der Waals surface area contributed by atoms with Crippen molar-refractivity contribution >= 4 is 15.9 Å². The summed E-state index contributed by atoms with van der Waals surface area (Å²) in [6.07, 6.45) is -0.786. The van der Waals surface area contributed by atoms with Crippen LogP contribution in [0.25, 0.3) is 11.4 Å². The fraction of sp³-hybridized carbons (Fsp3) is 0. The van der Waals surface area contributed by atoms with E-state index in [1.54, 1.807) is 12.1 Å². The van der Waals surface area contributed by atoms with Crippen LogP contribution in [0.1, 0.15) is 0 Å². The summed E-state index contributed by atoms with van der Waals surface area (Å²) in [5, 5.41) is 0. The highest BCUT2D eigenvalue weighted by molar-refractivity contribution is 9.10. The van der Waals surface area contributed by atoms with Gasteiger partial charge in [0.25, 0.3) is 0 Å². The molecule has 2 rings (SSSR count). The molecule has 0 bridgehead atoms. The van der Waals surface area contributed by atoms with Crippen LogP contribution in [0.15, 0.2) is 35.1 Å². The van der Waals surface area contributed by atoms with E-state index in [2.05, 4.69) is 30.9 Å². The minimum Gasteiger partial charge on any atom is -0.202 e. The Bertz CT molecular complexity index is 427. The summed E-state index contributed by atoms with van der Waals surface area (Å²) in [4.78, 5) is 10.9. The second kappa shape index (κ2) is 3.79. The van der Waals surface area contributed by atoms with Crippen molar-refractivity contribution in [3.63, 3.8) is 0 Å². The van der Waals surface area contributed by atoms with E-state index in [0.29, 0.717) is 5.82 Å². The van der Waals surface area contributed by atoms with Gasteiger partial charge in [0.1, 0.15) is 0 Å². The smallest absolute Gasteiger partial charge is 0.202 e. The van der Waals surface area contributed by atoms with Gasteiger partial charge in [-0.3, -0.25) is 0 Å². The second-order valence-corrected chi connectivity index (χ2v) is 3.27. The van der Waals surface area contributed by atoms with E-state index in [1.807, 2.05) is 18.2 Å². The molecule has 0 unspecified atom stereocenters. The van der Waals surface area contributed by atoms with Gasteiger partial charge in [0.05, 0.1) is 0 Å². The predicted octanol–water partition coefficient (Wildman–Crippen LogP) is 2.44. The van der Waals surface area contributed by atoms with Gasteiger partial charge in [0.2, 0.25) is 4.73 Å². The highest BCUT2D eigenvalue weighted by Crippen LogP contribution is 2.15. The molecule has 5 heteroatoms. The lowest BCUT2D eigenvalue weighted by Crippen LogP contribution is -1.97. The molecule has 1 heterocycles. The number of aromatic nitrogens is 3. The van der Waals surface area contributed by atoms with Crippen molar-refractivity contribution in [2.45, 2.75) is 0 Å². The van der Waals surface area contributed by atoms with Crippen LogP contribution in [0.3, 0.4) is 0 Å². The van der Waals surface area contributed by atoms with Crippen molar-refractivity contribution in [2.24, 2.45) is 0 Å². The first-order valence-electron chi connectivity index (χ1n) is 3.88. The molecule has 0 aliphatic carbocycles. The van der Waals surface area contributed by atoms with Crippen LogP contribution in [0.5, 0.6) is 0 Å². The Balaban J connectivity index is 2.52. The first-order chi connectivity index (χ1) is 6.75. The standard InChI is InChI=1S/C9H5BrFN3/c10-8-12-7(13-9(11)14-8)6-4-2-1-3-5-6/h1-5H. The molecule has 0 fully saturated rings. The number of benzene rings is 1. The molecule has 1 aromatic heterocycles. The summed E-state index contributed by atoms with van der Waals surface area (Å²) >= 11 is 3.01. The Morgan fingerprint density at radius 2 is 1.71 bits per heavy atom. The highest BCUT2D eigenvalue weighted by Gasteiger charge is 2.05. The SMILES string of the molecule is Fc1nc(Br)nc(-c2ccccc2)n1. The van der Waals surface area contributed by atoms with Crippen LogP contribution in [-0.4, -0.2) is 15.0 Å². The quantitative estimate of drug-likeness (QED) is 0.784. The van der Waals surface area contributed by atoms with Crippen molar-refractivity contribution in [1.29, 1.82) is 0 Å². The summed E-state index contributed by atoms with van der Waals surface area (Å²) < 4.78 is 13.0. The number of rotatable bonds is 1. The predicted molar refractivity (Wildman–Crippen MR) is 52.9 cm³/mol. The largest absolute Gasteiger partial charge is 0.313 e. The van der Waals surface area contributed by atoms with Crippen molar-refractivity contribution < 1.29 is 4.39 Å². The average Bonchev–Trinajstić information content (AvgIpc) is 2.18. The summed E-state index contributed by atoms with van der Waals surface area (Å²) in [6, 6.07) is 9.16. The fourth-order valence-electron chi connectivity index (χ4n) is 1.04. The zero-order chi connectivity index (χ0) is 9.97. The molecular weight excluding hydrogens is 249 g/mol. The van der Waals surface area contributed by atoms with Crippen LogP contribution in [0.2, 0.25) is 0 Å². The monoisotopic (exact) mass is 253 g/mol. The summed E-state index contributed by atoms with van der Waals surface area (Å²) in [7, 11) is 0. The first-order valence-corrected chi connectivity index (χ1v) is 4.67. The highest BCUT2D eigenvalue weighted by atomic mass is 79.9. The van der Waals surface area contributed by atoms with E-state index < -0.39 is 6.08 Å². The molecular formula is C9H5BrFN3. The van der Waals surface area contributed by atoms with Crippen molar-refractivity contribution in [3.8, 4) is 11.4 Å². The van der Waals surface area contributed by atoms with Gasteiger partial charge in [-0.1, -0.05) is 30.3 Å². The molecule has 0 spiro atoms. The minimum atomic E-state index is -0.786. The third-order valence-electron chi connectivity index (χ3n) is 1.61. The number of hydrogen-bond acceptors (Lipinski definition) is 3. The molecule has 0 aliphatic rings. The van der Waals surface area contributed by atoms with E-state index in [-0.39, 0.29) is 4.73 Å². The zero-order valence-corrected chi connectivity index (χ0v) is 8.57. The van der Waals surface area contributed by atoms with Gasteiger partial charge in [0, 0.05) is 5.56 Å². The van der Waals surface area contributed by atoms with E-state index in [4.69, 9.17) is 0 Å². The molecule has 0 saturated heterocycles. The van der Waals surface area contributed by atoms with Crippen LogP contribution in [0, 0.1) is 6.08 Å². The maximum absolute atomic E-state index is 12.8. The molecule has 0 radical (unpaired) electrons. The van der Waals surface area contributed by atoms with E-state index in [9.17, 15) is 4.39 Å². The zero-order valence-electron chi connectivity index (χ0n) is 6.98. The molecule has 0 atom stereocenters. The Kier molecular flexibility index (Phi) is 2.49. The molecule has 0 aliphatic heterocycles. The van der Waals surface area contributed by atoms with Gasteiger partial charge in [-0.25, -0.2) is 4.98 Å². The first kappa shape index (κ1) is 9.21. The topological polar surface area (TPSA) is 38.7 Å². The van der Waals surface area contributed by atoms with Gasteiger partial charge in [-0.15, -0.1) is 0 Å². The Labute approximate surface area is 88.2 Å². The Morgan fingerprint density at radius 1 is 1.00 bits per heavy atom. The van der Waals surface area contributed by atoms with E-state index in [1.165, 1.54) is 0 Å². The summed E-state index contributed by atoms with van der Waals surface area (Å²) in [6.45, 7) is 0. The number of hydrogen-bond donors (Lipinski definition) is 0. The van der Waals surface area contributed by atoms with Gasteiger partial charge < -0.3 is 0 Å². The normalized spacial score (nSPS) is 10.1. The second-order valence-electron chi connectivity index (χ2n) is 2.56. The lowest BCUT2D eigenvalue weighted by molar-refractivity contribution is 0.530. The molecule has 0 N–H and O–H groups in total.